The summed E-state index contributed by atoms with van der Waals surface area (Å²) in [5.74, 6) is 0.435. The van der Waals surface area contributed by atoms with E-state index < -0.39 is 0 Å². The zero-order chi connectivity index (χ0) is 23.1. The predicted octanol–water partition coefficient (Wildman–Crippen LogP) is 6.09. The summed E-state index contributed by atoms with van der Waals surface area (Å²) < 4.78 is 5.80. The van der Waals surface area contributed by atoms with Crippen molar-refractivity contribution in [2.75, 3.05) is 17.2 Å². The zero-order valence-electron chi connectivity index (χ0n) is 19.1. The molecule has 32 heavy (non-hydrogen) atoms. The molecule has 0 aliphatic heterocycles. The van der Waals surface area contributed by atoms with Crippen LogP contribution in [0.1, 0.15) is 53.2 Å². The number of benzene rings is 3. The van der Waals surface area contributed by atoms with Gasteiger partial charge in [0, 0.05) is 5.69 Å². The van der Waals surface area contributed by atoms with Gasteiger partial charge in [-0.05, 0) is 73.2 Å². The van der Waals surface area contributed by atoms with Gasteiger partial charge in [0.1, 0.15) is 5.75 Å². The van der Waals surface area contributed by atoms with Gasteiger partial charge in [-0.3, -0.25) is 9.59 Å². The van der Waals surface area contributed by atoms with Gasteiger partial charge in [0.05, 0.1) is 11.3 Å². The molecule has 3 rings (SSSR count). The molecule has 0 heterocycles. The van der Waals surface area contributed by atoms with Crippen LogP contribution < -0.4 is 15.4 Å². The Morgan fingerprint density at radius 3 is 2.38 bits per heavy atom. The van der Waals surface area contributed by atoms with Gasteiger partial charge in [-0.25, -0.2) is 0 Å². The molecule has 0 aliphatic carbocycles. The van der Waals surface area contributed by atoms with Crippen LogP contribution in [0.4, 0.5) is 11.4 Å². The lowest BCUT2D eigenvalue weighted by Crippen LogP contribution is -2.23. The van der Waals surface area contributed by atoms with E-state index in [4.69, 9.17) is 4.74 Å². The molecule has 3 aromatic rings. The monoisotopic (exact) mass is 430 g/mol. The summed E-state index contributed by atoms with van der Waals surface area (Å²) in [5, 5.41) is 5.71. The Bertz CT molecular complexity index is 1110. The van der Waals surface area contributed by atoms with Gasteiger partial charge >= 0.3 is 0 Å². The zero-order valence-corrected chi connectivity index (χ0v) is 19.1. The fourth-order valence-corrected chi connectivity index (χ4v) is 3.38. The first kappa shape index (κ1) is 23.1. The minimum absolute atomic E-state index is 0.138. The van der Waals surface area contributed by atoms with Crippen molar-refractivity contribution < 1.29 is 14.3 Å². The van der Waals surface area contributed by atoms with E-state index in [0.717, 1.165) is 23.1 Å². The number of ether oxygens (including phenoxy) is 1. The fourth-order valence-electron chi connectivity index (χ4n) is 3.38. The maximum atomic E-state index is 12.9. The van der Waals surface area contributed by atoms with E-state index in [1.807, 2.05) is 56.3 Å². The van der Waals surface area contributed by atoms with Crippen molar-refractivity contribution in [3.05, 3.63) is 89.0 Å². The molecule has 5 nitrogen and oxygen atoms in total. The highest BCUT2D eigenvalue weighted by Gasteiger charge is 2.15. The lowest BCUT2D eigenvalue weighted by atomic mass is 9.98. The molecule has 0 aliphatic rings. The average Bonchev–Trinajstić information content (AvgIpc) is 2.80. The van der Waals surface area contributed by atoms with Gasteiger partial charge in [0.25, 0.3) is 11.8 Å². The number of amides is 2. The summed E-state index contributed by atoms with van der Waals surface area (Å²) in [7, 11) is 0. The van der Waals surface area contributed by atoms with Gasteiger partial charge < -0.3 is 15.4 Å². The Balaban J connectivity index is 1.68. The van der Waals surface area contributed by atoms with Crippen LogP contribution in [-0.2, 0) is 4.79 Å². The third-order valence-electron chi connectivity index (χ3n) is 5.63. The largest absolute Gasteiger partial charge is 0.483 e. The molecule has 1 unspecified atom stereocenters. The molecule has 1 atom stereocenters. The standard InChI is InChI=1S/C27H30N2O3/c1-5-18(2)22-10-7-9-13-25(22)32-17-26(30)29-24-12-8-6-11-23(24)27(31)28-21-15-14-19(3)20(4)16-21/h6-16,18H,5,17H2,1-4H3,(H,28,31)(H,29,30). The van der Waals surface area contributed by atoms with Crippen molar-refractivity contribution in [2.45, 2.75) is 40.0 Å². The number of rotatable bonds is 8. The Kier molecular flexibility index (Phi) is 7.66. The van der Waals surface area contributed by atoms with Crippen molar-refractivity contribution in [3.63, 3.8) is 0 Å². The molecule has 0 spiro atoms. The maximum absolute atomic E-state index is 12.9. The first-order chi connectivity index (χ1) is 15.4. The summed E-state index contributed by atoms with van der Waals surface area (Å²) in [6.45, 7) is 8.13. The number of hydrogen-bond acceptors (Lipinski definition) is 3. The van der Waals surface area contributed by atoms with Crippen molar-refractivity contribution in [2.24, 2.45) is 0 Å². The number of carbonyl (C=O) groups is 2. The second-order valence-corrected chi connectivity index (χ2v) is 7.98. The van der Waals surface area contributed by atoms with E-state index >= 15 is 0 Å². The Morgan fingerprint density at radius 1 is 0.906 bits per heavy atom. The minimum atomic E-state index is -0.324. The van der Waals surface area contributed by atoms with E-state index in [2.05, 4.69) is 24.5 Å². The van der Waals surface area contributed by atoms with Gasteiger partial charge in [-0.2, -0.15) is 0 Å². The summed E-state index contributed by atoms with van der Waals surface area (Å²) in [6.07, 6.45) is 0.982. The second-order valence-electron chi connectivity index (χ2n) is 7.98. The van der Waals surface area contributed by atoms with Crippen LogP contribution >= 0.6 is 0 Å². The smallest absolute Gasteiger partial charge is 0.262 e. The molecule has 166 valence electrons. The van der Waals surface area contributed by atoms with Gasteiger partial charge in [0.15, 0.2) is 6.61 Å². The molecule has 2 amide bonds. The van der Waals surface area contributed by atoms with Crippen molar-refractivity contribution in [1.82, 2.24) is 0 Å². The molecule has 3 aromatic carbocycles. The first-order valence-electron chi connectivity index (χ1n) is 10.9. The van der Waals surface area contributed by atoms with Crippen LogP contribution in [-0.4, -0.2) is 18.4 Å². The van der Waals surface area contributed by atoms with Crippen LogP contribution in [0.25, 0.3) is 0 Å². The molecule has 0 saturated carbocycles. The Morgan fingerprint density at radius 2 is 1.62 bits per heavy atom. The van der Waals surface area contributed by atoms with Crippen molar-refractivity contribution >= 4 is 23.2 Å². The number of nitrogens with one attached hydrogen (secondary N) is 2. The Hall–Kier alpha value is -3.60. The highest BCUT2D eigenvalue weighted by atomic mass is 16.5. The van der Waals surface area contributed by atoms with E-state index in [9.17, 15) is 9.59 Å². The van der Waals surface area contributed by atoms with E-state index in [0.29, 0.717) is 28.6 Å². The van der Waals surface area contributed by atoms with Crippen LogP contribution in [0, 0.1) is 13.8 Å². The average molecular weight is 431 g/mol. The third-order valence-corrected chi connectivity index (χ3v) is 5.63. The van der Waals surface area contributed by atoms with E-state index in [-0.39, 0.29) is 18.4 Å². The quantitative estimate of drug-likeness (QED) is 0.455. The van der Waals surface area contributed by atoms with Gasteiger partial charge in [0.2, 0.25) is 0 Å². The normalized spacial score (nSPS) is 11.5. The van der Waals surface area contributed by atoms with E-state index in [1.54, 1.807) is 24.3 Å². The summed E-state index contributed by atoms with van der Waals surface area (Å²) in [5.41, 5.74) is 4.88. The molecule has 0 fully saturated rings. The molecular weight excluding hydrogens is 400 g/mol. The maximum Gasteiger partial charge on any atom is 0.262 e. The van der Waals surface area contributed by atoms with Crippen molar-refractivity contribution in [1.29, 1.82) is 0 Å². The van der Waals surface area contributed by atoms with Crippen LogP contribution in [0.2, 0.25) is 0 Å². The molecule has 0 saturated heterocycles. The number of aryl methyl sites for hydroxylation is 2. The predicted molar refractivity (Wildman–Crippen MR) is 130 cm³/mol. The highest BCUT2D eigenvalue weighted by Crippen LogP contribution is 2.28. The van der Waals surface area contributed by atoms with E-state index in [1.165, 1.54) is 0 Å². The Labute approximate surface area is 189 Å². The highest BCUT2D eigenvalue weighted by molar-refractivity contribution is 6.10. The number of para-hydroxylation sites is 2. The number of anilines is 2. The summed E-state index contributed by atoms with van der Waals surface area (Å²) >= 11 is 0. The summed E-state index contributed by atoms with van der Waals surface area (Å²) in [6, 6.07) is 20.5. The molecule has 2 N–H and O–H groups in total. The van der Waals surface area contributed by atoms with Crippen LogP contribution in [0.3, 0.4) is 0 Å². The molecule has 5 heteroatoms. The summed E-state index contributed by atoms with van der Waals surface area (Å²) in [4.78, 5) is 25.4. The van der Waals surface area contributed by atoms with Gasteiger partial charge in [-0.1, -0.05) is 50.2 Å². The molecule has 0 aromatic heterocycles. The second kappa shape index (κ2) is 10.6. The molecule has 0 radical (unpaired) electrons. The number of hydrogen-bond donors (Lipinski definition) is 2. The molecular formula is C27H30N2O3. The van der Waals surface area contributed by atoms with Gasteiger partial charge in [-0.15, -0.1) is 0 Å². The van der Waals surface area contributed by atoms with Crippen molar-refractivity contribution in [3.8, 4) is 5.75 Å². The lowest BCUT2D eigenvalue weighted by Gasteiger charge is -2.16. The fraction of sp³-hybridized carbons (Fsp3) is 0.259. The minimum Gasteiger partial charge on any atom is -0.483 e. The third kappa shape index (κ3) is 5.76. The topological polar surface area (TPSA) is 67.4 Å². The first-order valence-corrected chi connectivity index (χ1v) is 10.9. The number of carbonyl (C=O) groups excluding carboxylic acids is 2. The van der Waals surface area contributed by atoms with Crippen LogP contribution in [0.15, 0.2) is 66.7 Å². The molecule has 0 bridgehead atoms. The van der Waals surface area contributed by atoms with Crippen LogP contribution in [0.5, 0.6) is 5.75 Å². The SMILES string of the molecule is CCC(C)c1ccccc1OCC(=O)Nc1ccccc1C(=O)Nc1ccc(C)c(C)c1. The lowest BCUT2D eigenvalue weighted by molar-refractivity contribution is -0.118.